The zero-order valence-electron chi connectivity index (χ0n) is 34.9. The van der Waals surface area contributed by atoms with Gasteiger partial charge in [-0.3, -0.25) is 14.4 Å². The summed E-state index contributed by atoms with van der Waals surface area (Å²) in [6.07, 6.45) is -2.22. The average Bonchev–Trinajstić information content (AvgIpc) is 3.95. The van der Waals surface area contributed by atoms with Crippen LogP contribution in [-0.2, 0) is 204 Å². The number of hydroxylamine groups is 1. The number of methoxy groups -OCH3 is 4. The molecule has 0 aliphatic heterocycles. The number of rotatable bonds is 13. The van der Waals surface area contributed by atoms with Crippen LogP contribution in [0.25, 0.3) is 20.2 Å². The van der Waals surface area contributed by atoms with Crippen LogP contribution in [0.1, 0.15) is 42.4 Å². The van der Waals surface area contributed by atoms with E-state index in [1.165, 1.54) is 65.4 Å². The van der Waals surface area contributed by atoms with E-state index in [-0.39, 0.29) is 28.6 Å². The molecule has 0 unspecified atom stereocenters. The molecule has 0 spiro atoms. The molecule has 2 heterocycles. The Morgan fingerprint density at radius 1 is 0.612 bits per heavy atom. The fourth-order valence-electron chi connectivity index (χ4n) is 4.19. The van der Waals surface area contributed by atoms with Crippen molar-refractivity contribution in [2.24, 2.45) is 5.73 Å². The third-order valence-corrected chi connectivity index (χ3v) is 40.2. The van der Waals surface area contributed by atoms with Gasteiger partial charge in [-0.1, -0.05) is 6.92 Å². The molecular formula is C31H39ClF4N2O8S21. The second-order valence-corrected chi connectivity index (χ2v) is 39.4. The molecule has 67 heavy (non-hydrogen) atoms. The number of alkyl halides is 4. The molecule has 0 saturated carbocycles. The van der Waals surface area contributed by atoms with Crippen molar-refractivity contribution in [2.45, 2.75) is 44.5 Å². The van der Waals surface area contributed by atoms with Crippen LogP contribution >= 0.6 is 35.1 Å². The van der Waals surface area contributed by atoms with Gasteiger partial charge in [-0.05, 0) is 41.6 Å². The van der Waals surface area contributed by atoms with Gasteiger partial charge in [0.1, 0.15) is 0 Å². The zero-order valence-corrected chi connectivity index (χ0v) is 52.8. The first-order valence-corrected chi connectivity index (χ1v) is 41.1. The van der Waals surface area contributed by atoms with Gasteiger partial charge in [0.2, 0.25) is 5.91 Å². The lowest BCUT2D eigenvalue weighted by Gasteiger charge is -2.13. The van der Waals surface area contributed by atoms with E-state index in [2.05, 4.69) is 27.2 Å². The number of amides is 1. The number of carboxylic acids is 1. The van der Waals surface area contributed by atoms with Gasteiger partial charge in [0.05, 0.1) is 51.7 Å². The quantitative estimate of drug-likeness (QED) is 0.0893. The van der Waals surface area contributed by atoms with E-state index >= 15 is 0 Å². The molecule has 2 aromatic carbocycles. The Balaban J connectivity index is 0. The molecule has 36 heteroatoms. The number of halogens is 5. The smallest absolute Gasteiger partial charge is 0.303 e. The van der Waals surface area contributed by atoms with Crippen LogP contribution in [0.4, 0.5) is 17.6 Å². The average molecular weight is 1350 g/mol. The van der Waals surface area contributed by atoms with Gasteiger partial charge in [-0.25, -0.2) is 23.0 Å². The fraction of sp³-hybridized carbons (Fsp3) is 0.419. The number of nitrogens with two attached hydrogens (primary N) is 1. The van der Waals surface area contributed by atoms with Crippen molar-refractivity contribution in [2.75, 3.05) is 42.1 Å². The second-order valence-electron chi connectivity index (χ2n) is 10.7. The zero-order chi connectivity index (χ0) is 50.0. The minimum atomic E-state index is -3.16. The van der Waals surface area contributed by atoms with E-state index in [1.807, 2.05) is 12.4 Å². The SMILES string of the molecule is CCN.CONC(=O)CCC(F)(F)c1cc2cc(OC)c(OC)cc2s1.COc1cc2cc(C(F)(F)CCC(=O)O)sc2cc1OC.Cl.S=S.S=S=S=S=S=S=S=S=S=S=S=S=S=S=S=S=S. The highest BCUT2D eigenvalue weighted by atomic mass is 35.5. The van der Waals surface area contributed by atoms with Gasteiger partial charge in [-0.15, -0.1) is 35.1 Å². The number of ether oxygens (including phenoxy) is 4. The molecule has 0 aliphatic rings. The summed E-state index contributed by atoms with van der Waals surface area (Å²) in [6, 6.07) is 9.36. The number of aliphatic carboxylic acids is 1. The van der Waals surface area contributed by atoms with Gasteiger partial charge in [0.15, 0.2) is 23.0 Å². The van der Waals surface area contributed by atoms with Crippen LogP contribution in [-0.4, -0.2) is 59.1 Å². The van der Waals surface area contributed by atoms with Crippen molar-refractivity contribution in [3.8, 4) is 23.0 Å². The normalized spacial score (nSPS) is 9.78. The topological polar surface area (TPSA) is 139 Å². The molecule has 0 bridgehead atoms. The van der Waals surface area contributed by atoms with E-state index < -0.39 is 43.0 Å². The van der Waals surface area contributed by atoms with E-state index in [9.17, 15) is 27.2 Å². The summed E-state index contributed by atoms with van der Waals surface area (Å²) in [5.41, 5.74) is 6.87. The minimum absolute atomic E-state index is 0. The number of benzene rings is 2. The van der Waals surface area contributed by atoms with Crippen molar-refractivity contribution in [1.29, 1.82) is 0 Å². The highest BCUT2D eigenvalue weighted by Crippen LogP contribution is 2.44. The van der Waals surface area contributed by atoms with E-state index in [1.54, 1.807) is 140 Å². The standard InChI is InChI=1S/C15H17F2NO4S.C14H14F2O4S.C2H7N.ClH.S17.S2/c1-20-10-6-9-7-13(23-12(9)8-11(10)21-2)15(16,17)5-4-14(19)18-22-3;1-19-9-5-8-6-12(14(15,16)4-3-13(17)18)21-11(8)7-10(9)20-2;1-2-3;;1-3-5-7-9-11-13-15-17-16-14-12-10-8-6-4-2;1-2/h6-8H,4-5H2,1-3H3,(H,18,19);5-7H,3-4H2,1-2H3,(H,17,18);2-3H2,1H3;1H;;. The molecule has 2 aromatic heterocycles. The third kappa shape index (κ3) is 29.2. The number of hydrogen-bond donors (Lipinski definition) is 3. The maximum Gasteiger partial charge on any atom is 0.303 e. The highest BCUT2D eigenvalue weighted by molar-refractivity contribution is 8.77. The summed E-state index contributed by atoms with van der Waals surface area (Å²) >= 11 is 18.7. The van der Waals surface area contributed by atoms with Crippen molar-refractivity contribution in [3.63, 3.8) is 0 Å². The van der Waals surface area contributed by atoms with Gasteiger partial charge in [0.25, 0.3) is 11.8 Å². The van der Waals surface area contributed by atoms with E-state index in [4.69, 9.17) is 52.2 Å². The fourth-order valence-corrected chi connectivity index (χ4v) is 42.0. The molecule has 10 nitrogen and oxygen atoms in total. The Morgan fingerprint density at radius 3 is 1.19 bits per heavy atom. The van der Waals surface area contributed by atoms with E-state index in [0.717, 1.165) is 29.2 Å². The van der Waals surface area contributed by atoms with Crippen molar-refractivity contribution < 1.29 is 56.0 Å². The van der Waals surface area contributed by atoms with Gasteiger partial charge >= 0.3 is 5.97 Å². The minimum Gasteiger partial charge on any atom is -0.493 e. The number of hydrogen-bond acceptors (Lipinski definition) is 14. The molecule has 0 radical (unpaired) electrons. The summed E-state index contributed by atoms with van der Waals surface area (Å²) < 4.78 is 78.5. The maximum atomic E-state index is 14.3. The Bertz CT molecular complexity index is 2750. The van der Waals surface area contributed by atoms with Crippen LogP contribution in [0.2, 0.25) is 0 Å². The Hall–Kier alpha value is 0.610. The van der Waals surface area contributed by atoms with Crippen LogP contribution in [0, 0.1) is 0 Å². The lowest BCUT2D eigenvalue weighted by molar-refractivity contribution is -0.139. The maximum absolute atomic E-state index is 14.3. The van der Waals surface area contributed by atoms with Crippen molar-refractivity contribution in [3.05, 3.63) is 46.2 Å². The van der Waals surface area contributed by atoms with Crippen molar-refractivity contribution in [1.82, 2.24) is 5.48 Å². The number of thiophene rings is 2. The summed E-state index contributed by atoms with van der Waals surface area (Å²) in [5.74, 6) is -6.20. The largest absolute Gasteiger partial charge is 0.493 e. The summed E-state index contributed by atoms with van der Waals surface area (Å²) in [7, 11) is 32.5. The number of carboxylic acid groups (broad SMARTS) is 1. The van der Waals surface area contributed by atoms with Crippen LogP contribution < -0.4 is 30.2 Å². The third-order valence-electron chi connectivity index (χ3n) is 6.69. The number of fused-ring (bicyclic) bond motifs is 2. The van der Waals surface area contributed by atoms with E-state index in [0.29, 0.717) is 43.2 Å². The second kappa shape index (κ2) is 42.0. The van der Waals surface area contributed by atoms with Gasteiger partial charge < -0.3 is 29.8 Å². The molecule has 0 aliphatic carbocycles. The molecule has 0 atom stereocenters. The van der Waals surface area contributed by atoms with Crippen LogP contribution in [0.5, 0.6) is 23.0 Å². The molecule has 4 N–H and O–H groups in total. The Labute approximate surface area is 461 Å². The predicted molar refractivity (Wildman–Crippen MR) is 321 cm³/mol. The molecule has 4 aromatic rings. The molecular weight excluding hydrogens is 1310 g/mol. The monoisotopic (exact) mass is 1350 g/mol. The molecule has 382 valence electrons. The molecule has 0 fully saturated rings. The van der Waals surface area contributed by atoms with Crippen LogP contribution in [0.15, 0.2) is 36.4 Å². The van der Waals surface area contributed by atoms with Gasteiger partial charge in [-0.2, -0.15) is 0 Å². The number of carbonyl (C=O) groups is 2. The van der Waals surface area contributed by atoms with Gasteiger partial charge in [0, 0.05) is 219 Å². The summed E-state index contributed by atoms with van der Waals surface area (Å²) in [4.78, 5) is 25.9. The molecule has 4 rings (SSSR count). The summed E-state index contributed by atoms with van der Waals surface area (Å²) in [5, 5.41) is 9.79. The Kier molecular flexibility index (Phi) is 43.7. The Morgan fingerprint density at radius 2 is 0.910 bits per heavy atom. The predicted octanol–water partition coefficient (Wildman–Crippen LogP) is 7.68. The first kappa shape index (κ1) is 69.7. The van der Waals surface area contributed by atoms with Crippen molar-refractivity contribution >= 4 is 245 Å². The first-order chi connectivity index (χ1) is 31.6. The number of nitrogens with one attached hydrogen (secondary N) is 1. The lowest BCUT2D eigenvalue weighted by Crippen LogP contribution is -2.24. The summed E-state index contributed by atoms with van der Waals surface area (Å²) in [6.45, 7) is 2.65. The first-order valence-electron chi connectivity index (χ1n) is 16.8. The molecule has 1 amide bonds. The molecule has 0 saturated heterocycles. The highest BCUT2D eigenvalue weighted by Gasteiger charge is 2.35. The van der Waals surface area contributed by atoms with Crippen LogP contribution in [0.3, 0.4) is 0 Å². The lowest BCUT2D eigenvalue weighted by atomic mass is 10.1. The number of carbonyl (C=O) groups excluding carboxylic acids is 1.